The molecular weight excluding hydrogens is 490 g/mol. The molecule has 1 fully saturated rings. The standard InChI is InChI=1S/C29H29NO8/c1-6-38-24-14-17(8-11-23(24)37-5)26-25(27(32)19-15-18(35-3)9-12-22(19)36-4)28(33)29(34)30(26)20-13-16(2)7-10-21(20)31/h7-15,26,31-32H,6H2,1-5H3/b27-25+. The van der Waals surface area contributed by atoms with Gasteiger partial charge in [-0.3, -0.25) is 14.5 Å². The molecule has 1 amide bonds. The zero-order chi connectivity index (χ0) is 27.6. The molecule has 1 aliphatic heterocycles. The molecule has 0 spiro atoms. The molecule has 0 aromatic heterocycles. The summed E-state index contributed by atoms with van der Waals surface area (Å²) >= 11 is 0. The van der Waals surface area contributed by atoms with E-state index in [1.807, 2.05) is 6.92 Å². The van der Waals surface area contributed by atoms with Crippen molar-refractivity contribution in [2.45, 2.75) is 19.9 Å². The molecule has 1 heterocycles. The topological polar surface area (TPSA) is 115 Å². The molecule has 0 radical (unpaired) electrons. The lowest BCUT2D eigenvalue weighted by molar-refractivity contribution is -0.132. The molecule has 1 unspecified atom stereocenters. The first-order valence-electron chi connectivity index (χ1n) is 11.9. The second kappa shape index (κ2) is 10.8. The van der Waals surface area contributed by atoms with Gasteiger partial charge in [-0.25, -0.2) is 0 Å². The Morgan fingerprint density at radius 2 is 1.61 bits per heavy atom. The van der Waals surface area contributed by atoms with E-state index in [1.54, 1.807) is 49.4 Å². The third kappa shape index (κ3) is 4.58. The minimum absolute atomic E-state index is 0.127. The summed E-state index contributed by atoms with van der Waals surface area (Å²) in [6.07, 6.45) is 0. The number of ether oxygens (including phenoxy) is 4. The van der Waals surface area contributed by atoms with Gasteiger partial charge in [0.25, 0.3) is 11.7 Å². The number of aliphatic hydroxyl groups is 1. The number of amides is 1. The van der Waals surface area contributed by atoms with Crippen molar-refractivity contribution in [2.75, 3.05) is 32.8 Å². The fourth-order valence-corrected chi connectivity index (χ4v) is 4.50. The molecule has 198 valence electrons. The van der Waals surface area contributed by atoms with E-state index < -0.39 is 23.5 Å². The molecule has 0 aliphatic carbocycles. The van der Waals surface area contributed by atoms with Crippen molar-refractivity contribution in [2.24, 2.45) is 0 Å². The second-order valence-electron chi connectivity index (χ2n) is 8.57. The number of methoxy groups -OCH3 is 3. The van der Waals surface area contributed by atoms with Gasteiger partial charge in [-0.05, 0) is 67.4 Å². The summed E-state index contributed by atoms with van der Waals surface area (Å²) in [4.78, 5) is 28.3. The maximum absolute atomic E-state index is 13.6. The Labute approximate surface area is 220 Å². The highest BCUT2D eigenvalue weighted by Crippen LogP contribution is 2.47. The minimum atomic E-state index is -1.11. The van der Waals surface area contributed by atoms with Crippen molar-refractivity contribution in [3.63, 3.8) is 0 Å². The summed E-state index contributed by atoms with van der Waals surface area (Å²) in [5, 5.41) is 22.3. The minimum Gasteiger partial charge on any atom is -0.507 e. The number of aromatic hydroxyl groups is 1. The fraction of sp³-hybridized carbons (Fsp3) is 0.241. The van der Waals surface area contributed by atoms with Crippen molar-refractivity contribution in [1.29, 1.82) is 0 Å². The molecule has 2 N–H and O–H groups in total. The van der Waals surface area contributed by atoms with Crippen LogP contribution in [0.2, 0.25) is 0 Å². The predicted molar refractivity (Wildman–Crippen MR) is 141 cm³/mol. The molecule has 1 aliphatic rings. The Bertz CT molecular complexity index is 1430. The highest BCUT2D eigenvalue weighted by atomic mass is 16.5. The number of carbonyl (C=O) groups is 2. The Morgan fingerprint density at radius 1 is 0.895 bits per heavy atom. The van der Waals surface area contributed by atoms with E-state index in [9.17, 15) is 19.8 Å². The normalized spacial score (nSPS) is 16.4. The number of aryl methyl sites for hydroxylation is 1. The molecule has 3 aromatic carbocycles. The Hall–Kier alpha value is -4.66. The first kappa shape index (κ1) is 26.4. The first-order valence-corrected chi connectivity index (χ1v) is 11.9. The largest absolute Gasteiger partial charge is 0.507 e. The summed E-state index contributed by atoms with van der Waals surface area (Å²) < 4.78 is 21.9. The van der Waals surface area contributed by atoms with Crippen molar-refractivity contribution in [3.8, 4) is 28.7 Å². The van der Waals surface area contributed by atoms with Gasteiger partial charge < -0.3 is 29.2 Å². The molecule has 38 heavy (non-hydrogen) atoms. The monoisotopic (exact) mass is 519 g/mol. The molecule has 9 nitrogen and oxygen atoms in total. The van der Waals surface area contributed by atoms with E-state index in [1.165, 1.54) is 38.4 Å². The zero-order valence-electron chi connectivity index (χ0n) is 21.8. The maximum atomic E-state index is 13.6. The summed E-state index contributed by atoms with van der Waals surface area (Å²) in [5.74, 6) is -0.937. The van der Waals surface area contributed by atoms with Crippen molar-refractivity contribution < 1.29 is 38.7 Å². The number of hydrogen-bond acceptors (Lipinski definition) is 8. The summed E-state index contributed by atoms with van der Waals surface area (Å²) in [6.45, 7) is 3.97. The fourth-order valence-electron chi connectivity index (χ4n) is 4.50. The van der Waals surface area contributed by atoms with Gasteiger partial charge in [-0.15, -0.1) is 0 Å². The molecule has 1 saturated heterocycles. The number of nitrogens with zero attached hydrogens (tertiary/aromatic N) is 1. The summed E-state index contributed by atoms with van der Waals surface area (Å²) in [5.41, 5.74) is 1.33. The van der Waals surface area contributed by atoms with E-state index in [0.29, 0.717) is 29.4 Å². The quantitative estimate of drug-likeness (QED) is 0.249. The number of rotatable bonds is 8. The molecular formula is C29H29NO8. The number of hydrogen-bond donors (Lipinski definition) is 2. The number of Topliss-reactive ketones (excluding diaryl/α,β-unsaturated/α-hetero) is 1. The van der Waals surface area contributed by atoms with Gasteiger partial charge in [0.1, 0.15) is 23.0 Å². The first-order chi connectivity index (χ1) is 18.2. The zero-order valence-corrected chi connectivity index (χ0v) is 21.8. The van der Waals surface area contributed by atoms with Crippen LogP contribution in [-0.2, 0) is 9.59 Å². The average Bonchev–Trinajstić information content (AvgIpc) is 3.19. The summed E-state index contributed by atoms with van der Waals surface area (Å²) in [7, 11) is 4.40. The lowest BCUT2D eigenvalue weighted by Crippen LogP contribution is -2.29. The van der Waals surface area contributed by atoms with Crippen LogP contribution in [0.3, 0.4) is 0 Å². The van der Waals surface area contributed by atoms with Gasteiger partial charge in [-0.1, -0.05) is 12.1 Å². The van der Waals surface area contributed by atoms with E-state index in [-0.39, 0.29) is 28.3 Å². The number of anilines is 1. The number of aliphatic hydroxyl groups excluding tert-OH is 1. The highest BCUT2D eigenvalue weighted by molar-refractivity contribution is 6.52. The van der Waals surface area contributed by atoms with Gasteiger partial charge in [-0.2, -0.15) is 0 Å². The van der Waals surface area contributed by atoms with Gasteiger partial charge in [0.2, 0.25) is 0 Å². The molecule has 0 saturated carbocycles. The second-order valence-corrected chi connectivity index (χ2v) is 8.57. The van der Waals surface area contributed by atoms with Crippen LogP contribution >= 0.6 is 0 Å². The van der Waals surface area contributed by atoms with Crippen LogP contribution in [0.15, 0.2) is 60.2 Å². The number of ketones is 1. The van der Waals surface area contributed by atoms with Crippen LogP contribution in [0.25, 0.3) is 5.76 Å². The number of benzene rings is 3. The lowest BCUT2D eigenvalue weighted by atomic mass is 9.94. The Balaban J connectivity index is 2.04. The molecule has 0 bridgehead atoms. The smallest absolute Gasteiger partial charge is 0.300 e. The van der Waals surface area contributed by atoms with Crippen LogP contribution in [0.1, 0.15) is 29.7 Å². The Kier molecular flexibility index (Phi) is 7.47. The van der Waals surface area contributed by atoms with Gasteiger partial charge in [0.05, 0.1) is 50.8 Å². The van der Waals surface area contributed by atoms with Crippen LogP contribution in [0.4, 0.5) is 5.69 Å². The highest BCUT2D eigenvalue weighted by Gasteiger charge is 2.48. The Morgan fingerprint density at radius 3 is 2.26 bits per heavy atom. The molecule has 1 atom stereocenters. The average molecular weight is 520 g/mol. The predicted octanol–water partition coefficient (Wildman–Crippen LogP) is 4.75. The van der Waals surface area contributed by atoms with Crippen LogP contribution in [0.5, 0.6) is 28.7 Å². The van der Waals surface area contributed by atoms with Gasteiger partial charge >= 0.3 is 0 Å². The van der Waals surface area contributed by atoms with Gasteiger partial charge in [0, 0.05) is 0 Å². The molecule has 9 heteroatoms. The lowest BCUT2D eigenvalue weighted by Gasteiger charge is -2.27. The molecule has 4 rings (SSSR count). The van der Waals surface area contributed by atoms with E-state index in [4.69, 9.17) is 18.9 Å². The van der Waals surface area contributed by atoms with Crippen LogP contribution < -0.4 is 23.8 Å². The number of carbonyl (C=O) groups excluding carboxylic acids is 2. The number of phenolic OH excluding ortho intramolecular Hbond substituents is 1. The third-order valence-electron chi connectivity index (χ3n) is 6.30. The van der Waals surface area contributed by atoms with Crippen LogP contribution in [0, 0.1) is 6.92 Å². The number of phenols is 1. The van der Waals surface area contributed by atoms with Crippen molar-refractivity contribution in [1.82, 2.24) is 0 Å². The molecule has 3 aromatic rings. The summed E-state index contributed by atoms with van der Waals surface area (Å²) in [6, 6.07) is 13.4. The third-order valence-corrected chi connectivity index (χ3v) is 6.30. The van der Waals surface area contributed by atoms with Crippen LogP contribution in [-0.4, -0.2) is 49.8 Å². The van der Waals surface area contributed by atoms with Crippen molar-refractivity contribution >= 4 is 23.1 Å². The maximum Gasteiger partial charge on any atom is 0.300 e. The SMILES string of the molecule is CCOc1cc(C2/C(=C(\O)c3cc(OC)ccc3OC)C(=O)C(=O)N2c2cc(C)ccc2O)ccc1OC. The van der Waals surface area contributed by atoms with Gasteiger partial charge in [0.15, 0.2) is 11.5 Å². The van der Waals surface area contributed by atoms with E-state index >= 15 is 0 Å². The van der Waals surface area contributed by atoms with E-state index in [2.05, 4.69) is 0 Å². The van der Waals surface area contributed by atoms with Crippen molar-refractivity contribution in [3.05, 3.63) is 76.9 Å². The van der Waals surface area contributed by atoms with E-state index in [0.717, 1.165) is 5.56 Å².